The maximum Gasteiger partial charge on any atom is 0.358 e. The molecule has 0 saturated carbocycles. The number of benzene rings is 1. The Morgan fingerprint density at radius 2 is 2.25 bits per heavy atom. The lowest BCUT2D eigenvalue weighted by Crippen LogP contribution is -2.23. The summed E-state index contributed by atoms with van der Waals surface area (Å²) < 4.78 is 7.02. The maximum absolute atomic E-state index is 11.8. The van der Waals surface area contributed by atoms with Gasteiger partial charge in [0, 0.05) is 12.7 Å². The van der Waals surface area contributed by atoms with Crippen LogP contribution in [0.1, 0.15) is 35.4 Å². The second-order valence-electron chi connectivity index (χ2n) is 4.72. The fourth-order valence-electron chi connectivity index (χ4n) is 2.53. The zero-order valence-corrected chi connectivity index (χ0v) is 11.4. The molecule has 1 aliphatic rings. The third-order valence-corrected chi connectivity index (χ3v) is 3.44. The van der Waals surface area contributed by atoms with Gasteiger partial charge < -0.3 is 14.6 Å². The van der Waals surface area contributed by atoms with Crippen LogP contribution < -0.4 is 5.32 Å². The summed E-state index contributed by atoms with van der Waals surface area (Å²) in [7, 11) is 0. The molecule has 5 heteroatoms. The van der Waals surface area contributed by atoms with Crippen LogP contribution in [0.5, 0.6) is 0 Å². The maximum atomic E-state index is 11.8. The number of rotatable bonds is 3. The highest BCUT2D eigenvalue weighted by atomic mass is 16.5. The van der Waals surface area contributed by atoms with Crippen LogP contribution in [0.15, 0.2) is 36.5 Å². The molecule has 104 valence electrons. The molecule has 1 unspecified atom stereocenters. The van der Waals surface area contributed by atoms with Crippen molar-refractivity contribution in [3.63, 3.8) is 0 Å². The predicted molar refractivity (Wildman–Crippen MR) is 75.9 cm³/mol. The van der Waals surface area contributed by atoms with Gasteiger partial charge in [-0.2, -0.15) is 0 Å². The average molecular weight is 271 g/mol. The van der Waals surface area contributed by atoms with Crippen LogP contribution in [0.2, 0.25) is 0 Å². The minimum absolute atomic E-state index is 0.211. The first kappa shape index (κ1) is 12.7. The van der Waals surface area contributed by atoms with Crippen molar-refractivity contribution in [3.05, 3.63) is 47.8 Å². The molecule has 1 N–H and O–H groups in total. The largest absolute Gasteiger partial charge is 0.461 e. The molecule has 0 fully saturated rings. The Bertz CT molecular complexity index is 607. The third-order valence-electron chi connectivity index (χ3n) is 3.44. The molecule has 0 bridgehead atoms. The van der Waals surface area contributed by atoms with Gasteiger partial charge >= 0.3 is 5.97 Å². The van der Waals surface area contributed by atoms with Gasteiger partial charge in [-0.05, 0) is 18.9 Å². The van der Waals surface area contributed by atoms with Crippen molar-refractivity contribution in [2.24, 2.45) is 0 Å². The van der Waals surface area contributed by atoms with Gasteiger partial charge in [-0.3, -0.25) is 0 Å². The van der Waals surface area contributed by atoms with E-state index in [9.17, 15) is 4.79 Å². The van der Waals surface area contributed by atoms with Gasteiger partial charge in [0.05, 0.1) is 12.6 Å². The van der Waals surface area contributed by atoms with Crippen LogP contribution >= 0.6 is 0 Å². The van der Waals surface area contributed by atoms with Crippen LogP contribution in [0.4, 0.5) is 5.95 Å². The van der Waals surface area contributed by atoms with E-state index in [4.69, 9.17) is 4.74 Å². The Hall–Kier alpha value is -2.30. The lowest BCUT2D eigenvalue weighted by Gasteiger charge is -2.26. The zero-order chi connectivity index (χ0) is 13.9. The second-order valence-corrected chi connectivity index (χ2v) is 4.72. The number of hydrogen-bond acceptors (Lipinski definition) is 4. The normalized spacial score (nSPS) is 17.1. The molecule has 0 aliphatic carbocycles. The lowest BCUT2D eigenvalue weighted by molar-refractivity contribution is 0.0520. The highest BCUT2D eigenvalue weighted by Crippen LogP contribution is 2.29. The first-order valence-electron chi connectivity index (χ1n) is 6.84. The van der Waals surface area contributed by atoms with E-state index >= 15 is 0 Å². The van der Waals surface area contributed by atoms with E-state index in [0.717, 1.165) is 18.9 Å². The summed E-state index contributed by atoms with van der Waals surface area (Å²) in [4.78, 5) is 16.1. The summed E-state index contributed by atoms with van der Waals surface area (Å²) >= 11 is 0. The Kier molecular flexibility index (Phi) is 3.41. The summed E-state index contributed by atoms with van der Waals surface area (Å²) in [5, 5.41) is 3.22. The van der Waals surface area contributed by atoms with Gasteiger partial charge in [0.1, 0.15) is 0 Å². The number of esters is 1. The lowest BCUT2D eigenvalue weighted by atomic mass is 10.0. The molecule has 2 aromatic rings. The number of aromatic nitrogens is 2. The molecule has 1 atom stereocenters. The first-order valence-corrected chi connectivity index (χ1v) is 6.84. The quantitative estimate of drug-likeness (QED) is 0.871. The van der Waals surface area contributed by atoms with Crippen LogP contribution in [0, 0.1) is 0 Å². The van der Waals surface area contributed by atoms with Crippen LogP contribution in [-0.2, 0) is 4.74 Å². The number of carbonyl (C=O) groups excluding carboxylic acids is 1. The standard InChI is InChI=1S/C15H17N3O2/c1-2-20-14(19)12-10-18-13(8-9-16-15(18)17-12)11-6-4-3-5-7-11/h3-7,10,13H,2,8-9H2,1H3,(H,16,17). The average Bonchev–Trinajstić information content (AvgIpc) is 2.92. The smallest absolute Gasteiger partial charge is 0.358 e. The molecule has 20 heavy (non-hydrogen) atoms. The summed E-state index contributed by atoms with van der Waals surface area (Å²) in [5.41, 5.74) is 1.58. The van der Waals surface area contributed by atoms with E-state index in [1.54, 1.807) is 13.1 Å². The number of imidazole rings is 1. The Morgan fingerprint density at radius 1 is 1.45 bits per heavy atom. The SMILES string of the molecule is CCOC(=O)c1cn2c(n1)NCCC2c1ccccc1. The Morgan fingerprint density at radius 3 is 3.00 bits per heavy atom. The first-order chi connectivity index (χ1) is 9.79. The summed E-state index contributed by atoms with van der Waals surface area (Å²) in [6.45, 7) is 2.99. The molecule has 2 heterocycles. The number of nitrogens with one attached hydrogen (secondary N) is 1. The molecule has 1 aromatic carbocycles. The number of hydrogen-bond donors (Lipinski definition) is 1. The van der Waals surface area contributed by atoms with Crippen molar-refractivity contribution in [2.45, 2.75) is 19.4 Å². The molecule has 0 amide bonds. The van der Waals surface area contributed by atoms with Gasteiger partial charge in [0.15, 0.2) is 5.69 Å². The van der Waals surface area contributed by atoms with E-state index in [-0.39, 0.29) is 12.0 Å². The minimum Gasteiger partial charge on any atom is -0.461 e. The van der Waals surface area contributed by atoms with Crippen molar-refractivity contribution in [2.75, 3.05) is 18.5 Å². The second kappa shape index (κ2) is 5.36. The molecule has 0 saturated heterocycles. The van der Waals surface area contributed by atoms with Gasteiger partial charge in [-0.25, -0.2) is 9.78 Å². The van der Waals surface area contributed by atoms with E-state index in [2.05, 4.69) is 22.4 Å². The summed E-state index contributed by atoms with van der Waals surface area (Å²) in [5.74, 6) is 0.358. The van der Waals surface area contributed by atoms with Gasteiger partial charge in [0.25, 0.3) is 0 Å². The highest BCUT2D eigenvalue weighted by Gasteiger charge is 2.24. The molecule has 1 aromatic heterocycles. The van der Waals surface area contributed by atoms with Crippen LogP contribution in [0.25, 0.3) is 0 Å². The van der Waals surface area contributed by atoms with Gasteiger partial charge in [0.2, 0.25) is 5.95 Å². The van der Waals surface area contributed by atoms with Gasteiger partial charge in [-0.15, -0.1) is 0 Å². The number of nitrogens with zero attached hydrogens (tertiary/aromatic N) is 2. The van der Waals surface area contributed by atoms with Crippen molar-refractivity contribution in [1.29, 1.82) is 0 Å². The van der Waals surface area contributed by atoms with E-state index in [1.165, 1.54) is 5.56 Å². The van der Waals surface area contributed by atoms with Crippen molar-refractivity contribution >= 4 is 11.9 Å². The molecular formula is C15H17N3O2. The fraction of sp³-hybridized carbons (Fsp3) is 0.333. The number of ether oxygens (including phenoxy) is 1. The third kappa shape index (κ3) is 2.27. The van der Waals surface area contributed by atoms with Gasteiger partial charge in [-0.1, -0.05) is 30.3 Å². The summed E-state index contributed by atoms with van der Waals surface area (Å²) in [6.07, 6.45) is 2.74. The molecule has 0 radical (unpaired) electrons. The monoisotopic (exact) mass is 271 g/mol. The molecular weight excluding hydrogens is 254 g/mol. The van der Waals surface area contributed by atoms with Crippen LogP contribution in [0.3, 0.4) is 0 Å². The number of anilines is 1. The fourth-order valence-corrected chi connectivity index (χ4v) is 2.53. The topological polar surface area (TPSA) is 56.2 Å². The zero-order valence-electron chi connectivity index (χ0n) is 11.4. The van der Waals surface area contributed by atoms with E-state index in [1.807, 2.05) is 22.8 Å². The molecule has 5 nitrogen and oxygen atoms in total. The minimum atomic E-state index is -0.372. The molecule has 0 spiro atoms. The van der Waals surface area contributed by atoms with Crippen molar-refractivity contribution in [3.8, 4) is 0 Å². The van der Waals surface area contributed by atoms with E-state index in [0.29, 0.717) is 12.3 Å². The molecule has 1 aliphatic heterocycles. The molecule has 3 rings (SSSR count). The highest BCUT2D eigenvalue weighted by molar-refractivity contribution is 5.87. The Labute approximate surface area is 117 Å². The number of carbonyl (C=O) groups is 1. The summed E-state index contributed by atoms with van der Waals surface area (Å²) in [6, 6.07) is 10.5. The van der Waals surface area contributed by atoms with Crippen molar-refractivity contribution in [1.82, 2.24) is 9.55 Å². The van der Waals surface area contributed by atoms with Crippen molar-refractivity contribution < 1.29 is 9.53 Å². The van der Waals surface area contributed by atoms with E-state index < -0.39 is 0 Å². The predicted octanol–water partition coefficient (Wildman–Crippen LogP) is 2.46. The van der Waals surface area contributed by atoms with Crippen LogP contribution in [-0.4, -0.2) is 28.7 Å². The Balaban J connectivity index is 1.95. The number of fused-ring (bicyclic) bond motifs is 1.